The summed E-state index contributed by atoms with van der Waals surface area (Å²) < 4.78 is 0. The highest BCUT2D eigenvalue weighted by molar-refractivity contribution is 6.06. The Balaban J connectivity index is 3.20. The Labute approximate surface area is 129 Å². The van der Waals surface area contributed by atoms with Crippen molar-refractivity contribution < 1.29 is 10.3 Å². The molecule has 0 saturated heterocycles. The van der Waals surface area contributed by atoms with Gasteiger partial charge in [0.15, 0.2) is 5.84 Å². The smallest absolute Gasteiger partial charge is 0.165 e. The third-order valence-electron chi connectivity index (χ3n) is 3.23. The van der Waals surface area contributed by atoms with Crippen molar-refractivity contribution in [2.45, 2.75) is 19.9 Å². The fourth-order valence-electron chi connectivity index (χ4n) is 1.75. The number of aromatic nitrogens is 1. The van der Waals surface area contributed by atoms with Gasteiger partial charge in [0, 0.05) is 25.4 Å². The van der Waals surface area contributed by atoms with E-state index in [0.29, 0.717) is 17.0 Å². The minimum Gasteiger partial charge on any atom is -0.510 e. The van der Waals surface area contributed by atoms with Crippen LogP contribution in [0.2, 0.25) is 0 Å². The quantitative estimate of drug-likeness (QED) is 0.233. The summed E-state index contributed by atoms with van der Waals surface area (Å²) in [6.45, 7) is 3.59. The molecule has 8 heteroatoms. The summed E-state index contributed by atoms with van der Waals surface area (Å²) in [6.07, 6.45) is 3.71. The zero-order valence-corrected chi connectivity index (χ0v) is 12.9. The first-order chi connectivity index (χ1) is 10.4. The van der Waals surface area contributed by atoms with E-state index in [9.17, 15) is 10.3 Å². The van der Waals surface area contributed by atoms with Crippen LogP contribution in [-0.2, 0) is 0 Å². The molecule has 0 aliphatic carbocycles. The molecule has 0 aromatic carbocycles. The van der Waals surface area contributed by atoms with Gasteiger partial charge >= 0.3 is 0 Å². The molecule has 120 valence electrons. The van der Waals surface area contributed by atoms with Gasteiger partial charge in [-0.15, -0.1) is 0 Å². The van der Waals surface area contributed by atoms with Gasteiger partial charge in [-0.1, -0.05) is 6.92 Å². The predicted molar refractivity (Wildman–Crippen MR) is 86.0 cm³/mol. The van der Waals surface area contributed by atoms with Gasteiger partial charge in [0.1, 0.15) is 17.9 Å². The third-order valence-corrected chi connectivity index (χ3v) is 3.23. The molecule has 1 aromatic rings. The topological polar surface area (TPSA) is 131 Å². The second-order valence-corrected chi connectivity index (χ2v) is 4.75. The number of anilines is 1. The van der Waals surface area contributed by atoms with Crippen molar-refractivity contribution in [2.24, 2.45) is 10.9 Å². The number of nitrogens with one attached hydrogen (secondary N) is 2. The summed E-state index contributed by atoms with van der Waals surface area (Å²) in [4.78, 5) is 8.32. The molecule has 0 spiro atoms. The number of aliphatic hydroxyl groups excluding tert-OH is 1. The van der Waals surface area contributed by atoms with Crippen molar-refractivity contribution in [1.29, 1.82) is 5.41 Å². The first-order valence-corrected chi connectivity index (χ1v) is 6.76. The summed E-state index contributed by atoms with van der Waals surface area (Å²) >= 11 is 0. The fourth-order valence-corrected chi connectivity index (χ4v) is 1.75. The van der Waals surface area contributed by atoms with E-state index >= 15 is 0 Å². The molecule has 0 aliphatic rings. The molecule has 0 saturated carbocycles. The second-order valence-electron chi connectivity index (χ2n) is 4.75. The number of aliphatic imine (C=N–C) groups is 1. The Kier molecular flexibility index (Phi) is 6.33. The predicted octanol–water partition coefficient (Wildman–Crippen LogP) is 1.35. The standard InChI is InChI=1S/C14H22N6O2/c1-9(12(21)7-17-3)10(2)19-14(20(22)8-15)11-5-4-6-18-13(11)16/h4-10,15,17,21-22H,1-3H3,(H2,16,18)/b12-7?,15-8?,19-14-/t9-,10+/m1/s1. The summed E-state index contributed by atoms with van der Waals surface area (Å²) in [5.74, 6) is 0.130. The maximum absolute atomic E-state index is 9.89. The zero-order chi connectivity index (χ0) is 16.7. The zero-order valence-electron chi connectivity index (χ0n) is 12.9. The van der Waals surface area contributed by atoms with E-state index in [0.717, 1.165) is 0 Å². The fraction of sp³-hybridized carbons (Fsp3) is 0.357. The SMILES string of the molecule is CNC=C(O)[C@H](C)[C@H](C)/N=C(/c1cccnc1N)N(O)C=N. The lowest BCUT2D eigenvalue weighted by Crippen LogP contribution is -2.30. The number of aliphatic hydroxyl groups is 1. The Morgan fingerprint density at radius 1 is 1.55 bits per heavy atom. The van der Waals surface area contributed by atoms with Gasteiger partial charge in [-0.25, -0.2) is 4.98 Å². The monoisotopic (exact) mass is 306 g/mol. The molecule has 1 rings (SSSR count). The van der Waals surface area contributed by atoms with Crippen LogP contribution in [0.4, 0.5) is 5.82 Å². The van der Waals surface area contributed by atoms with Crippen LogP contribution in [0.5, 0.6) is 0 Å². The lowest BCUT2D eigenvalue weighted by Gasteiger charge is -2.20. The van der Waals surface area contributed by atoms with Crippen molar-refractivity contribution in [3.05, 3.63) is 35.9 Å². The van der Waals surface area contributed by atoms with Gasteiger partial charge in [0.25, 0.3) is 0 Å². The van der Waals surface area contributed by atoms with E-state index in [4.69, 9.17) is 11.1 Å². The van der Waals surface area contributed by atoms with Crippen LogP contribution in [0.1, 0.15) is 19.4 Å². The molecule has 2 atom stereocenters. The maximum Gasteiger partial charge on any atom is 0.165 e. The van der Waals surface area contributed by atoms with Gasteiger partial charge in [-0.05, 0) is 19.1 Å². The maximum atomic E-state index is 9.89. The van der Waals surface area contributed by atoms with E-state index in [2.05, 4.69) is 15.3 Å². The van der Waals surface area contributed by atoms with E-state index < -0.39 is 0 Å². The number of pyridine rings is 1. The van der Waals surface area contributed by atoms with Gasteiger partial charge in [0.05, 0.1) is 11.6 Å². The second kappa shape index (κ2) is 7.99. The van der Waals surface area contributed by atoms with Crippen LogP contribution in [0.15, 0.2) is 35.3 Å². The Bertz CT molecular complexity index is 572. The number of nitrogens with zero attached hydrogens (tertiary/aromatic N) is 3. The molecule has 0 radical (unpaired) electrons. The largest absolute Gasteiger partial charge is 0.510 e. The molecule has 1 heterocycles. The Morgan fingerprint density at radius 3 is 2.77 bits per heavy atom. The van der Waals surface area contributed by atoms with Crippen molar-refractivity contribution >= 4 is 18.0 Å². The first kappa shape index (κ1) is 17.4. The molecule has 0 bridgehead atoms. The lowest BCUT2D eigenvalue weighted by atomic mass is 10.0. The molecule has 0 amide bonds. The minimum absolute atomic E-state index is 0.0946. The van der Waals surface area contributed by atoms with Crippen LogP contribution in [0, 0.1) is 11.3 Å². The average Bonchev–Trinajstić information content (AvgIpc) is 2.52. The molecular formula is C14H22N6O2. The molecule has 0 aliphatic heterocycles. The van der Waals surface area contributed by atoms with Crippen LogP contribution in [0.25, 0.3) is 0 Å². The number of nitrogen functional groups attached to an aromatic ring is 1. The minimum atomic E-state index is -0.367. The summed E-state index contributed by atoms with van der Waals surface area (Å²) in [6, 6.07) is 2.94. The summed E-state index contributed by atoms with van der Waals surface area (Å²) in [5.41, 5.74) is 6.20. The number of hydrogen-bond acceptors (Lipinski definition) is 7. The number of hydroxylamine groups is 2. The number of amidine groups is 1. The van der Waals surface area contributed by atoms with Crippen molar-refractivity contribution in [3.8, 4) is 0 Å². The molecule has 22 heavy (non-hydrogen) atoms. The number of nitrogens with two attached hydrogens (primary N) is 1. The van der Waals surface area contributed by atoms with Crippen molar-refractivity contribution in [3.63, 3.8) is 0 Å². The third kappa shape index (κ3) is 4.19. The van der Waals surface area contributed by atoms with Crippen molar-refractivity contribution in [1.82, 2.24) is 15.4 Å². The Morgan fingerprint density at radius 2 is 2.23 bits per heavy atom. The van der Waals surface area contributed by atoms with E-state index in [1.807, 2.05) is 0 Å². The molecular weight excluding hydrogens is 284 g/mol. The molecule has 0 fully saturated rings. The summed E-state index contributed by atoms with van der Waals surface area (Å²) in [7, 11) is 1.68. The first-order valence-electron chi connectivity index (χ1n) is 6.76. The van der Waals surface area contributed by atoms with Crippen LogP contribution < -0.4 is 11.1 Å². The number of rotatable bonds is 6. The van der Waals surface area contributed by atoms with Crippen LogP contribution >= 0.6 is 0 Å². The van der Waals surface area contributed by atoms with Gasteiger partial charge in [-0.2, -0.15) is 5.06 Å². The molecule has 0 unspecified atom stereocenters. The van der Waals surface area contributed by atoms with E-state index in [1.54, 1.807) is 33.0 Å². The highest BCUT2D eigenvalue weighted by Crippen LogP contribution is 2.18. The molecule has 1 aromatic heterocycles. The van der Waals surface area contributed by atoms with Crippen molar-refractivity contribution in [2.75, 3.05) is 12.8 Å². The highest BCUT2D eigenvalue weighted by Gasteiger charge is 2.20. The van der Waals surface area contributed by atoms with Crippen LogP contribution in [-0.4, -0.2) is 45.6 Å². The summed E-state index contributed by atoms with van der Waals surface area (Å²) in [5, 5.41) is 30.3. The van der Waals surface area contributed by atoms with Crippen LogP contribution in [0.3, 0.4) is 0 Å². The van der Waals surface area contributed by atoms with E-state index in [1.165, 1.54) is 12.4 Å². The molecule has 6 N–H and O–H groups in total. The van der Waals surface area contributed by atoms with Gasteiger partial charge in [-0.3, -0.25) is 15.6 Å². The van der Waals surface area contributed by atoms with E-state index in [-0.39, 0.29) is 29.4 Å². The number of hydrogen-bond donors (Lipinski definition) is 5. The Hall–Kier alpha value is -2.61. The lowest BCUT2D eigenvalue weighted by molar-refractivity contribution is 0.0687. The van der Waals surface area contributed by atoms with Gasteiger partial charge < -0.3 is 16.2 Å². The van der Waals surface area contributed by atoms with Gasteiger partial charge in [0.2, 0.25) is 0 Å². The highest BCUT2D eigenvalue weighted by atomic mass is 16.5. The normalized spacial score (nSPS) is 15.1. The average molecular weight is 306 g/mol. The molecule has 8 nitrogen and oxygen atoms in total.